The maximum atomic E-state index is 13.7. The summed E-state index contributed by atoms with van der Waals surface area (Å²) in [5.74, 6) is -1.59. The molecule has 218 valence electrons. The first kappa shape index (κ1) is 29.9. The van der Waals surface area contributed by atoms with Crippen LogP contribution in [0.2, 0.25) is 0 Å². The summed E-state index contributed by atoms with van der Waals surface area (Å²) in [5.41, 5.74) is 4.53. The van der Waals surface area contributed by atoms with E-state index in [0.717, 1.165) is 0 Å². The van der Waals surface area contributed by atoms with Crippen molar-refractivity contribution in [2.24, 2.45) is 0 Å². The van der Waals surface area contributed by atoms with Crippen LogP contribution in [-0.4, -0.2) is 91.2 Å². The maximum absolute atomic E-state index is 13.7. The van der Waals surface area contributed by atoms with Crippen molar-refractivity contribution < 1.29 is 43.3 Å². The van der Waals surface area contributed by atoms with E-state index in [4.69, 9.17) is 19.5 Å². The number of nitrogen functional groups attached to an aromatic ring is 1. The average molecular weight is 590 g/mol. The van der Waals surface area contributed by atoms with Gasteiger partial charge in [-0.1, -0.05) is 0 Å². The number of anilines is 1. The van der Waals surface area contributed by atoms with Gasteiger partial charge in [-0.2, -0.15) is 15.4 Å². The molecule has 0 bridgehead atoms. The molecule has 0 aliphatic carbocycles. The van der Waals surface area contributed by atoms with Crippen LogP contribution in [0.4, 0.5) is 5.82 Å². The monoisotopic (exact) mass is 589 g/mol. The average Bonchev–Trinajstić information content (AvgIpc) is 3.47. The van der Waals surface area contributed by atoms with Gasteiger partial charge < -0.3 is 35.2 Å². The molecule has 6 atom stereocenters. The highest BCUT2D eigenvalue weighted by Gasteiger charge is 2.57. The minimum absolute atomic E-state index is 0.0533. The number of aliphatic hydroxyl groups excluding tert-OH is 2. The van der Waals surface area contributed by atoms with Crippen molar-refractivity contribution in [3.05, 3.63) is 54.0 Å². The van der Waals surface area contributed by atoms with Gasteiger partial charge in [0.25, 0.3) is 5.91 Å². The topological polar surface area (TPSA) is 235 Å². The highest BCUT2D eigenvalue weighted by atomic mass is 31.2. The van der Waals surface area contributed by atoms with Crippen molar-refractivity contribution in [2.75, 3.05) is 26.4 Å². The molecule has 0 saturated carbocycles. The molecule has 1 aromatic carbocycles. The second-order valence-corrected chi connectivity index (χ2v) is 11.1. The van der Waals surface area contributed by atoms with Crippen LogP contribution in [0.15, 0.2) is 42.7 Å². The highest BCUT2D eigenvalue weighted by molar-refractivity contribution is 7.52. The van der Waals surface area contributed by atoms with E-state index in [1.165, 1.54) is 53.0 Å². The number of hydrogen-bond acceptors (Lipinski definition) is 12. The number of carboxylic acids is 1. The predicted octanol–water partition coefficient (Wildman–Crippen LogP) is 0.335. The first-order valence-electron chi connectivity index (χ1n) is 12.1. The van der Waals surface area contributed by atoms with E-state index in [0.29, 0.717) is 11.1 Å². The standard InChI is InChI=1S/C24H28N7O9P/c1-13(23(35)36)29-41(37,40-15-6-4-14(5-7-15)22(34)30(2)3)38-11-24(10-25)20(33)18(32)19(39-24)16-8-9-17-21(26)27-12-28-31(16)17/h4-9,12-13,18-20,32-33H,11H2,1-3H3,(H,29,37)(H,35,36)(H2,26,27,28)/t13-,18-,19-,20-,24+,41?/m0/s1. The van der Waals surface area contributed by atoms with E-state index in [2.05, 4.69) is 15.2 Å². The van der Waals surface area contributed by atoms with Gasteiger partial charge in [0, 0.05) is 19.7 Å². The first-order chi connectivity index (χ1) is 19.3. The number of hydrogen-bond donors (Lipinski definition) is 5. The fourth-order valence-electron chi connectivity index (χ4n) is 4.09. The van der Waals surface area contributed by atoms with E-state index in [1.54, 1.807) is 26.2 Å². The molecule has 1 fully saturated rings. The smallest absolute Gasteiger partial charge is 0.459 e. The number of benzene rings is 1. The number of aliphatic hydroxyl groups is 2. The van der Waals surface area contributed by atoms with E-state index >= 15 is 0 Å². The number of rotatable bonds is 10. The molecule has 1 aliphatic heterocycles. The molecule has 0 spiro atoms. The van der Waals surface area contributed by atoms with Gasteiger partial charge in [0.15, 0.2) is 5.82 Å². The van der Waals surface area contributed by atoms with E-state index in [-0.39, 0.29) is 23.2 Å². The van der Waals surface area contributed by atoms with Crippen LogP contribution in [-0.2, 0) is 18.6 Å². The van der Waals surface area contributed by atoms with Gasteiger partial charge in [0.2, 0.25) is 5.60 Å². The van der Waals surface area contributed by atoms with Crippen LogP contribution >= 0.6 is 7.75 Å². The molecule has 16 nitrogen and oxygen atoms in total. The molecule has 3 heterocycles. The summed E-state index contributed by atoms with van der Waals surface area (Å²) in [6.45, 7) is 0.277. The van der Waals surface area contributed by atoms with Gasteiger partial charge >= 0.3 is 13.7 Å². The zero-order valence-electron chi connectivity index (χ0n) is 22.1. The van der Waals surface area contributed by atoms with Crippen molar-refractivity contribution in [3.63, 3.8) is 0 Å². The third-order valence-electron chi connectivity index (χ3n) is 6.34. The van der Waals surface area contributed by atoms with Crippen molar-refractivity contribution in [1.82, 2.24) is 24.6 Å². The number of carboxylic acid groups (broad SMARTS) is 1. The number of carbonyl (C=O) groups is 2. The third-order valence-corrected chi connectivity index (χ3v) is 7.97. The molecule has 17 heteroatoms. The van der Waals surface area contributed by atoms with Crippen molar-refractivity contribution in [1.29, 1.82) is 5.26 Å². The minimum Gasteiger partial charge on any atom is -0.480 e. The number of nitrogens with two attached hydrogens (primary N) is 1. The van der Waals surface area contributed by atoms with Crippen LogP contribution < -0.4 is 15.3 Å². The number of carbonyl (C=O) groups excluding carboxylic acids is 1. The summed E-state index contributed by atoms with van der Waals surface area (Å²) in [5, 5.41) is 47.4. The number of nitrogens with one attached hydrogen (secondary N) is 1. The maximum Gasteiger partial charge on any atom is 0.459 e. The second-order valence-electron chi connectivity index (χ2n) is 9.45. The Labute approximate surface area is 233 Å². The van der Waals surface area contributed by atoms with Crippen molar-refractivity contribution in [3.8, 4) is 11.8 Å². The molecule has 41 heavy (non-hydrogen) atoms. The number of aromatic nitrogens is 3. The predicted molar refractivity (Wildman–Crippen MR) is 140 cm³/mol. The summed E-state index contributed by atoms with van der Waals surface area (Å²) >= 11 is 0. The Morgan fingerprint density at radius 2 is 1.98 bits per heavy atom. The fraction of sp³-hybridized carbons (Fsp3) is 0.375. The number of nitriles is 1. The molecule has 0 radical (unpaired) electrons. The number of aliphatic carboxylic acids is 1. The van der Waals surface area contributed by atoms with Crippen molar-refractivity contribution in [2.45, 2.75) is 36.9 Å². The zero-order valence-corrected chi connectivity index (χ0v) is 23.0. The van der Waals surface area contributed by atoms with E-state index in [1.807, 2.05) is 0 Å². The molecule has 1 unspecified atom stereocenters. The van der Waals surface area contributed by atoms with Gasteiger partial charge in [-0.3, -0.25) is 14.1 Å². The summed E-state index contributed by atoms with van der Waals surface area (Å²) in [4.78, 5) is 28.9. The third kappa shape index (κ3) is 5.86. The SMILES string of the molecule is C[C@H](NP(=O)(OC[C@@]1(C#N)O[C@@H](c2ccc3c(N)ncnn23)[C@H](O)[C@@H]1O)Oc1ccc(C(=O)N(C)C)cc1)C(=O)O. The Morgan fingerprint density at radius 3 is 2.59 bits per heavy atom. The molecule has 1 aliphatic rings. The molecule has 1 amide bonds. The Hall–Kier alpha value is -4.10. The number of fused-ring (bicyclic) bond motifs is 1. The Morgan fingerprint density at radius 1 is 1.29 bits per heavy atom. The zero-order chi connectivity index (χ0) is 30.1. The molecular formula is C24H28N7O9P. The Balaban J connectivity index is 1.59. The summed E-state index contributed by atoms with van der Waals surface area (Å²) in [6.07, 6.45) is -3.63. The fourth-order valence-corrected chi connectivity index (χ4v) is 5.62. The van der Waals surface area contributed by atoms with Crippen molar-refractivity contribution >= 4 is 31.0 Å². The Kier molecular flexibility index (Phi) is 8.31. The normalized spacial score (nSPS) is 24.3. The lowest BCUT2D eigenvalue weighted by molar-refractivity contribution is -0.138. The lowest BCUT2D eigenvalue weighted by Gasteiger charge is -2.28. The van der Waals surface area contributed by atoms with Gasteiger partial charge in [0.1, 0.15) is 54.6 Å². The van der Waals surface area contributed by atoms with Gasteiger partial charge in [-0.25, -0.2) is 14.1 Å². The summed E-state index contributed by atoms with van der Waals surface area (Å²) < 4.78 is 31.8. The minimum atomic E-state index is -4.58. The number of nitrogens with zero attached hydrogens (tertiary/aromatic N) is 5. The lowest BCUT2D eigenvalue weighted by Crippen LogP contribution is -2.46. The van der Waals surface area contributed by atoms with Crippen LogP contribution in [0, 0.1) is 11.3 Å². The van der Waals surface area contributed by atoms with Crippen LogP contribution in [0.1, 0.15) is 29.1 Å². The van der Waals surface area contributed by atoms with E-state index < -0.39 is 50.3 Å². The molecule has 3 aromatic rings. The van der Waals surface area contributed by atoms with E-state index in [9.17, 15) is 34.7 Å². The number of ether oxygens (including phenoxy) is 1. The van der Waals surface area contributed by atoms with Gasteiger partial charge in [-0.05, 0) is 43.3 Å². The molecule has 4 rings (SSSR count). The molecule has 6 N–H and O–H groups in total. The van der Waals surface area contributed by atoms with Crippen LogP contribution in [0.5, 0.6) is 5.75 Å². The molecular weight excluding hydrogens is 561 g/mol. The summed E-state index contributed by atoms with van der Waals surface area (Å²) in [6, 6.07) is 8.87. The van der Waals surface area contributed by atoms with Crippen LogP contribution in [0.3, 0.4) is 0 Å². The van der Waals surface area contributed by atoms with Gasteiger partial charge in [0.05, 0.1) is 5.69 Å². The number of amides is 1. The highest BCUT2D eigenvalue weighted by Crippen LogP contribution is 2.48. The second kappa shape index (κ2) is 11.4. The van der Waals surface area contributed by atoms with Gasteiger partial charge in [-0.15, -0.1) is 0 Å². The Bertz CT molecular complexity index is 1540. The first-order valence-corrected chi connectivity index (χ1v) is 13.6. The lowest BCUT2D eigenvalue weighted by atomic mass is 9.96. The van der Waals surface area contributed by atoms with Crippen LogP contribution in [0.25, 0.3) is 5.52 Å². The largest absolute Gasteiger partial charge is 0.480 e. The molecule has 2 aromatic heterocycles. The summed E-state index contributed by atoms with van der Waals surface area (Å²) in [7, 11) is -1.44. The molecule has 1 saturated heterocycles. The quantitative estimate of drug-likeness (QED) is 0.201.